The van der Waals surface area contributed by atoms with Crippen molar-refractivity contribution in [2.45, 2.75) is 6.92 Å². The van der Waals surface area contributed by atoms with E-state index in [1.807, 2.05) is 6.07 Å². The summed E-state index contributed by atoms with van der Waals surface area (Å²) in [6.07, 6.45) is 0. The van der Waals surface area contributed by atoms with Gasteiger partial charge in [0.15, 0.2) is 0 Å². The van der Waals surface area contributed by atoms with E-state index < -0.39 is 11.9 Å². The van der Waals surface area contributed by atoms with Crippen LogP contribution in [0.15, 0.2) is 18.2 Å². The highest BCUT2D eigenvalue weighted by Crippen LogP contribution is 2.26. The smallest absolute Gasteiger partial charge is 0.308 e. The summed E-state index contributed by atoms with van der Waals surface area (Å²) in [5, 5.41) is 18.2. The van der Waals surface area contributed by atoms with Crippen molar-refractivity contribution >= 4 is 23.3 Å². The fourth-order valence-corrected chi connectivity index (χ4v) is 1.74. The maximum atomic E-state index is 10.8. The molecule has 0 aliphatic carbocycles. The summed E-state index contributed by atoms with van der Waals surface area (Å²) in [7, 11) is 1.74. The van der Waals surface area contributed by atoms with E-state index in [4.69, 9.17) is 22.0 Å². The summed E-state index contributed by atoms with van der Waals surface area (Å²) in [6, 6.07) is 7.15. The van der Waals surface area contributed by atoms with Gasteiger partial charge in [0.25, 0.3) is 0 Å². The Labute approximate surface area is 105 Å². The van der Waals surface area contributed by atoms with Crippen molar-refractivity contribution in [2.75, 3.05) is 18.5 Å². The largest absolute Gasteiger partial charge is 0.481 e. The Hall–Kier alpha value is -1.73. The lowest BCUT2D eigenvalue weighted by Gasteiger charge is -2.22. The van der Waals surface area contributed by atoms with E-state index in [0.717, 1.165) is 0 Å². The van der Waals surface area contributed by atoms with E-state index in [-0.39, 0.29) is 0 Å². The molecule has 0 spiro atoms. The molecule has 4 nitrogen and oxygen atoms in total. The number of nitrogens with zero attached hydrogens (tertiary/aromatic N) is 2. The van der Waals surface area contributed by atoms with E-state index in [2.05, 4.69) is 0 Å². The number of benzene rings is 1. The molecular weight excluding hydrogens is 240 g/mol. The lowest BCUT2D eigenvalue weighted by molar-refractivity contribution is -0.140. The van der Waals surface area contributed by atoms with Crippen LogP contribution in [0.4, 0.5) is 5.69 Å². The molecule has 1 unspecified atom stereocenters. The molecule has 1 aromatic rings. The van der Waals surface area contributed by atoms with Gasteiger partial charge in [-0.05, 0) is 12.1 Å². The molecule has 0 aliphatic rings. The highest BCUT2D eigenvalue weighted by Gasteiger charge is 2.16. The van der Waals surface area contributed by atoms with Crippen molar-refractivity contribution in [1.82, 2.24) is 0 Å². The Morgan fingerprint density at radius 2 is 2.29 bits per heavy atom. The van der Waals surface area contributed by atoms with Gasteiger partial charge < -0.3 is 10.0 Å². The van der Waals surface area contributed by atoms with E-state index in [0.29, 0.717) is 22.8 Å². The molecule has 17 heavy (non-hydrogen) atoms. The monoisotopic (exact) mass is 252 g/mol. The first-order chi connectivity index (χ1) is 7.97. The molecule has 0 heterocycles. The number of halogens is 1. The highest BCUT2D eigenvalue weighted by molar-refractivity contribution is 6.32. The van der Waals surface area contributed by atoms with Crippen molar-refractivity contribution in [3.63, 3.8) is 0 Å². The zero-order chi connectivity index (χ0) is 13.0. The van der Waals surface area contributed by atoms with Gasteiger partial charge in [-0.15, -0.1) is 0 Å². The van der Waals surface area contributed by atoms with Crippen molar-refractivity contribution in [1.29, 1.82) is 5.26 Å². The van der Waals surface area contributed by atoms with Gasteiger partial charge in [0.05, 0.1) is 22.2 Å². The summed E-state index contributed by atoms with van der Waals surface area (Å²) in [4.78, 5) is 12.5. The predicted octanol–water partition coefficient (Wildman–Crippen LogP) is 2.37. The van der Waals surface area contributed by atoms with Gasteiger partial charge in [-0.2, -0.15) is 5.26 Å². The standard InChI is InChI=1S/C12H13ClN2O2/c1-8(12(16)17)7-15(2)11-5-3-4-10(13)9(11)6-14/h3-5,8H,7H2,1-2H3,(H,16,17). The molecule has 1 N–H and O–H groups in total. The second-order valence-corrected chi connectivity index (χ2v) is 4.27. The number of carboxylic acids is 1. The van der Waals surface area contributed by atoms with Crippen molar-refractivity contribution < 1.29 is 9.90 Å². The van der Waals surface area contributed by atoms with Crippen molar-refractivity contribution in [2.24, 2.45) is 5.92 Å². The van der Waals surface area contributed by atoms with Crippen LogP contribution in [0.3, 0.4) is 0 Å². The minimum Gasteiger partial charge on any atom is -0.481 e. The minimum atomic E-state index is -0.864. The zero-order valence-corrected chi connectivity index (χ0v) is 10.4. The van der Waals surface area contributed by atoms with Crippen LogP contribution in [0.1, 0.15) is 12.5 Å². The van der Waals surface area contributed by atoms with Gasteiger partial charge in [0.1, 0.15) is 6.07 Å². The zero-order valence-electron chi connectivity index (χ0n) is 9.64. The highest BCUT2D eigenvalue weighted by atomic mass is 35.5. The summed E-state index contributed by atoms with van der Waals surface area (Å²) in [6.45, 7) is 1.94. The van der Waals surface area contributed by atoms with Crippen LogP contribution in [0.2, 0.25) is 5.02 Å². The number of aliphatic carboxylic acids is 1. The maximum Gasteiger partial charge on any atom is 0.308 e. The number of carbonyl (C=O) groups is 1. The van der Waals surface area contributed by atoms with Crippen molar-refractivity contribution in [3.8, 4) is 6.07 Å². The van der Waals surface area contributed by atoms with Crippen molar-refractivity contribution in [3.05, 3.63) is 28.8 Å². The Balaban J connectivity index is 2.97. The third-order valence-electron chi connectivity index (χ3n) is 2.48. The van der Waals surface area contributed by atoms with Gasteiger partial charge in [-0.25, -0.2) is 0 Å². The molecule has 1 rings (SSSR count). The number of anilines is 1. The summed E-state index contributed by atoms with van der Waals surface area (Å²) in [5.41, 5.74) is 1.02. The fourth-order valence-electron chi connectivity index (χ4n) is 1.53. The van der Waals surface area contributed by atoms with Crippen LogP contribution in [-0.4, -0.2) is 24.7 Å². The van der Waals surface area contributed by atoms with E-state index >= 15 is 0 Å². The fraction of sp³-hybridized carbons (Fsp3) is 0.333. The van der Waals surface area contributed by atoms with Crippen LogP contribution in [0.25, 0.3) is 0 Å². The van der Waals surface area contributed by atoms with Crippen LogP contribution in [0, 0.1) is 17.2 Å². The maximum absolute atomic E-state index is 10.8. The van der Waals surface area contributed by atoms with Crippen LogP contribution < -0.4 is 4.90 Å². The van der Waals surface area contributed by atoms with Gasteiger partial charge in [-0.1, -0.05) is 24.6 Å². The Kier molecular flexibility index (Phi) is 4.36. The molecule has 0 radical (unpaired) electrons. The van der Waals surface area contributed by atoms with Gasteiger partial charge in [0.2, 0.25) is 0 Å². The molecule has 0 saturated heterocycles. The average Bonchev–Trinajstić information content (AvgIpc) is 2.28. The summed E-state index contributed by atoms with van der Waals surface area (Å²) < 4.78 is 0. The Morgan fingerprint density at radius 3 is 2.82 bits per heavy atom. The molecule has 5 heteroatoms. The average molecular weight is 253 g/mol. The molecule has 0 aliphatic heterocycles. The van der Waals surface area contributed by atoms with Crippen LogP contribution >= 0.6 is 11.6 Å². The van der Waals surface area contributed by atoms with Gasteiger partial charge in [-0.3, -0.25) is 4.79 Å². The van der Waals surface area contributed by atoms with E-state index in [1.165, 1.54) is 0 Å². The molecule has 0 amide bonds. The number of nitriles is 1. The first-order valence-electron chi connectivity index (χ1n) is 5.10. The first kappa shape index (κ1) is 13.3. The van der Waals surface area contributed by atoms with Crippen LogP contribution in [-0.2, 0) is 4.79 Å². The molecular formula is C12H13ClN2O2. The predicted molar refractivity (Wildman–Crippen MR) is 66.2 cm³/mol. The Bertz CT molecular complexity index is 468. The summed E-state index contributed by atoms with van der Waals surface area (Å²) >= 11 is 5.91. The van der Waals surface area contributed by atoms with E-state index in [9.17, 15) is 4.79 Å². The topological polar surface area (TPSA) is 64.3 Å². The lowest BCUT2D eigenvalue weighted by Crippen LogP contribution is -2.28. The summed E-state index contributed by atoms with van der Waals surface area (Å²) in [5.74, 6) is -1.37. The molecule has 0 fully saturated rings. The molecule has 0 saturated carbocycles. The number of hydrogen-bond donors (Lipinski definition) is 1. The van der Waals surface area contributed by atoms with Gasteiger partial charge in [0, 0.05) is 13.6 Å². The molecule has 0 aromatic heterocycles. The third kappa shape index (κ3) is 3.11. The molecule has 0 bridgehead atoms. The molecule has 1 atom stereocenters. The third-order valence-corrected chi connectivity index (χ3v) is 2.80. The first-order valence-corrected chi connectivity index (χ1v) is 5.47. The minimum absolute atomic E-state index is 0.324. The normalized spacial score (nSPS) is 11.6. The number of hydrogen-bond acceptors (Lipinski definition) is 3. The van der Waals surface area contributed by atoms with E-state index in [1.54, 1.807) is 37.1 Å². The van der Waals surface area contributed by atoms with Gasteiger partial charge >= 0.3 is 5.97 Å². The number of carboxylic acid groups (broad SMARTS) is 1. The molecule has 90 valence electrons. The second-order valence-electron chi connectivity index (χ2n) is 3.87. The number of rotatable bonds is 4. The lowest BCUT2D eigenvalue weighted by atomic mass is 10.1. The second kappa shape index (κ2) is 5.55. The van der Waals surface area contributed by atoms with Crippen LogP contribution in [0.5, 0.6) is 0 Å². The quantitative estimate of drug-likeness (QED) is 0.894. The SMILES string of the molecule is CC(CN(C)c1cccc(Cl)c1C#N)C(=O)O. The molecule has 1 aromatic carbocycles. The Morgan fingerprint density at radius 1 is 1.65 bits per heavy atom.